The van der Waals surface area contributed by atoms with E-state index < -0.39 is 0 Å². The highest BCUT2D eigenvalue weighted by molar-refractivity contribution is 7.11. The van der Waals surface area contributed by atoms with Gasteiger partial charge in [-0.2, -0.15) is 0 Å². The van der Waals surface area contributed by atoms with E-state index in [0.717, 1.165) is 10.4 Å². The van der Waals surface area contributed by atoms with Gasteiger partial charge in [0.1, 0.15) is 11.4 Å². The standard InChI is InChI=1S/C22H18N2O3S/c1-27-17-10-5-9-16(13-17)23-20-19(18-11-6-12-28-18)21(25)24(22(20)26)14-15-7-3-2-4-8-15/h2-13,23H,14H2,1H3. The highest BCUT2D eigenvalue weighted by atomic mass is 32.1. The van der Waals surface area contributed by atoms with Crippen LogP contribution in [0.15, 0.2) is 77.8 Å². The van der Waals surface area contributed by atoms with Gasteiger partial charge in [-0.25, -0.2) is 0 Å². The number of nitrogens with zero attached hydrogens (tertiary/aromatic N) is 1. The molecule has 5 nitrogen and oxygen atoms in total. The smallest absolute Gasteiger partial charge is 0.278 e. The van der Waals surface area contributed by atoms with Gasteiger partial charge in [0.05, 0.1) is 19.2 Å². The topological polar surface area (TPSA) is 58.6 Å². The van der Waals surface area contributed by atoms with Gasteiger partial charge in [0, 0.05) is 16.6 Å². The summed E-state index contributed by atoms with van der Waals surface area (Å²) in [5, 5.41) is 5.04. The lowest BCUT2D eigenvalue weighted by Crippen LogP contribution is -2.31. The Morgan fingerprint density at radius 2 is 1.79 bits per heavy atom. The molecular weight excluding hydrogens is 372 g/mol. The molecule has 6 heteroatoms. The Balaban J connectivity index is 1.71. The van der Waals surface area contributed by atoms with Crippen molar-refractivity contribution in [2.24, 2.45) is 0 Å². The zero-order valence-corrected chi connectivity index (χ0v) is 16.0. The molecule has 1 aliphatic rings. The Hall–Kier alpha value is -3.38. The summed E-state index contributed by atoms with van der Waals surface area (Å²) in [5.74, 6) is 0.0444. The molecule has 0 aliphatic carbocycles. The zero-order valence-electron chi connectivity index (χ0n) is 15.2. The maximum absolute atomic E-state index is 13.1. The van der Waals surface area contributed by atoms with Crippen molar-refractivity contribution >= 4 is 34.4 Å². The molecule has 4 rings (SSSR count). The first kappa shape index (κ1) is 18.0. The fourth-order valence-electron chi connectivity index (χ4n) is 3.10. The molecule has 0 saturated heterocycles. The first-order valence-electron chi connectivity index (χ1n) is 8.76. The van der Waals surface area contributed by atoms with Gasteiger partial charge in [0.25, 0.3) is 11.8 Å². The van der Waals surface area contributed by atoms with Crippen LogP contribution in [0.5, 0.6) is 5.75 Å². The molecule has 3 aromatic rings. The molecular formula is C22H18N2O3S. The van der Waals surface area contributed by atoms with E-state index >= 15 is 0 Å². The number of carbonyl (C=O) groups excluding carboxylic acids is 2. The highest BCUT2D eigenvalue weighted by Gasteiger charge is 2.39. The molecule has 28 heavy (non-hydrogen) atoms. The van der Waals surface area contributed by atoms with Crippen molar-refractivity contribution in [3.05, 3.63) is 88.2 Å². The normalized spacial score (nSPS) is 14.0. The van der Waals surface area contributed by atoms with Crippen LogP contribution in [0.25, 0.3) is 5.57 Å². The zero-order chi connectivity index (χ0) is 19.5. The third-order valence-electron chi connectivity index (χ3n) is 4.46. The summed E-state index contributed by atoms with van der Waals surface area (Å²) in [4.78, 5) is 28.3. The Morgan fingerprint density at radius 3 is 2.50 bits per heavy atom. The Labute approximate surface area is 166 Å². The lowest BCUT2D eigenvalue weighted by molar-refractivity contribution is -0.137. The molecule has 0 unspecified atom stereocenters. The third kappa shape index (κ3) is 3.42. The summed E-state index contributed by atoms with van der Waals surface area (Å²) in [7, 11) is 1.58. The van der Waals surface area contributed by atoms with Crippen LogP contribution in [-0.4, -0.2) is 23.8 Å². The van der Waals surface area contributed by atoms with Crippen molar-refractivity contribution < 1.29 is 14.3 Å². The monoisotopic (exact) mass is 390 g/mol. The number of hydrogen-bond donors (Lipinski definition) is 1. The van der Waals surface area contributed by atoms with E-state index in [1.54, 1.807) is 13.2 Å². The molecule has 0 spiro atoms. The van der Waals surface area contributed by atoms with Crippen molar-refractivity contribution in [1.29, 1.82) is 0 Å². The summed E-state index contributed by atoms with van der Waals surface area (Å²) in [5.41, 5.74) is 2.28. The molecule has 0 radical (unpaired) electrons. The molecule has 2 amide bonds. The van der Waals surface area contributed by atoms with Gasteiger partial charge in [-0.1, -0.05) is 42.5 Å². The molecule has 1 aromatic heterocycles. The van der Waals surface area contributed by atoms with E-state index in [9.17, 15) is 9.59 Å². The second kappa shape index (κ2) is 7.70. The number of ether oxygens (including phenoxy) is 1. The number of amides is 2. The molecule has 0 atom stereocenters. The van der Waals surface area contributed by atoms with E-state index in [2.05, 4.69) is 5.32 Å². The van der Waals surface area contributed by atoms with Gasteiger partial charge in [-0.15, -0.1) is 11.3 Å². The average molecular weight is 390 g/mol. The number of anilines is 1. The van der Waals surface area contributed by atoms with E-state index in [0.29, 0.717) is 17.0 Å². The fourth-order valence-corrected chi connectivity index (χ4v) is 3.86. The van der Waals surface area contributed by atoms with Crippen molar-refractivity contribution in [2.75, 3.05) is 12.4 Å². The minimum Gasteiger partial charge on any atom is -0.497 e. The van der Waals surface area contributed by atoms with Crippen LogP contribution >= 0.6 is 11.3 Å². The van der Waals surface area contributed by atoms with Crippen LogP contribution in [0.1, 0.15) is 10.4 Å². The average Bonchev–Trinajstić information content (AvgIpc) is 3.32. The van der Waals surface area contributed by atoms with E-state index in [4.69, 9.17) is 4.74 Å². The number of rotatable bonds is 6. The molecule has 2 heterocycles. The van der Waals surface area contributed by atoms with Crippen LogP contribution in [0.2, 0.25) is 0 Å². The van der Waals surface area contributed by atoms with Gasteiger partial charge < -0.3 is 10.1 Å². The summed E-state index contributed by atoms with van der Waals surface area (Å²) in [6.45, 7) is 0.233. The van der Waals surface area contributed by atoms with E-state index in [-0.39, 0.29) is 24.1 Å². The number of carbonyl (C=O) groups is 2. The van der Waals surface area contributed by atoms with Gasteiger partial charge in [-0.05, 0) is 29.1 Å². The molecule has 140 valence electrons. The predicted molar refractivity (Wildman–Crippen MR) is 110 cm³/mol. The first-order valence-corrected chi connectivity index (χ1v) is 9.64. The van der Waals surface area contributed by atoms with Crippen molar-refractivity contribution in [1.82, 2.24) is 4.90 Å². The second-order valence-electron chi connectivity index (χ2n) is 6.27. The quantitative estimate of drug-likeness (QED) is 0.643. The molecule has 2 aromatic carbocycles. The Morgan fingerprint density at radius 1 is 0.964 bits per heavy atom. The molecule has 1 aliphatic heterocycles. The van der Waals surface area contributed by atoms with E-state index in [1.165, 1.54) is 16.2 Å². The Bertz CT molecular complexity index is 1040. The minimum absolute atomic E-state index is 0.233. The molecule has 0 fully saturated rings. The van der Waals surface area contributed by atoms with Crippen LogP contribution in [0.4, 0.5) is 5.69 Å². The van der Waals surface area contributed by atoms with Gasteiger partial charge in [0.15, 0.2) is 0 Å². The maximum Gasteiger partial charge on any atom is 0.278 e. The van der Waals surface area contributed by atoms with Crippen molar-refractivity contribution in [3.63, 3.8) is 0 Å². The summed E-state index contributed by atoms with van der Waals surface area (Å²) >= 11 is 1.43. The largest absolute Gasteiger partial charge is 0.497 e. The number of methoxy groups -OCH3 is 1. The van der Waals surface area contributed by atoms with E-state index in [1.807, 2.05) is 66.0 Å². The van der Waals surface area contributed by atoms with Crippen LogP contribution in [-0.2, 0) is 16.1 Å². The number of imide groups is 1. The van der Waals surface area contributed by atoms with Gasteiger partial charge in [-0.3, -0.25) is 14.5 Å². The van der Waals surface area contributed by atoms with Crippen molar-refractivity contribution in [2.45, 2.75) is 6.54 Å². The number of thiophene rings is 1. The summed E-state index contributed by atoms with van der Waals surface area (Å²) in [6, 6.07) is 20.5. The minimum atomic E-state index is -0.333. The molecule has 1 N–H and O–H groups in total. The van der Waals surface area contributed by atoms with Gasteiger partial charge >= 0.3 is 0 Å². The molecule has 0 bridgehead atoms. The van der Waals surface area contributed by atoms with Gasteiger partial charge in [0.2, 0.25) is 0 Å². The SMILES string of the molecule is COc1cccc(NC2=C(c3cccs3)C(=O)N(Cc3ccccc3)C2=O)c1. The maximum atomic E-state index is 13.1. The Kier molecular flexibility index (Phi) is 4.95. The van der Waals surface area contributed by atoms with Crippen LogP contribution in [0.3, 0.4) is 0 Å². The van der Waals surface area contributed by atoms with Crippen LogP contribution in [0, 0.1) is 0 Å². The summed E-state index contributed by atoms with van der Waals surface area (Å²) < 4.78 is 5.25. The lowest BCUT2D eigenvalue weighted by Gasteiger charge is -2.15. The fraction of sp³-hybridized carbons (Fsp3) is 0.0909. The highest BCUT2D eigenvalue weighted by Crippen LogP contribution is 2.34. The number of benzene rings is 2. The predicted octanol–water partition coefficient (Wildman–Crippen LogP) is 4.15. The number of hydrogen-bond acceptors (Lipinski definition) is 5. The lowest BCUT2D eigenvalue weighted by atomic mass is 10.2. The second-order valence-corrected chi connectivity index (χ2v) is 7.21. The number of nitrogens with one attached hydrogen (secondary N) is 1. The molecule has 0 saturated carbocycles. The summed E-state index contributed by atoms with van der Waals surface area (Å²) in [6.07, 6.45) is 0. The van der Waals surface area contributed by atoms with Crippen molar-refractivity contribution in [3.8, 4) is 5.75 Å². The first-order chi connectivity index (χ1) is 13.7. The van der Waals surface area contributed by atoms with Crippen LogP contribution < -0.4 is 10.1 Å². The third-order valence-corrected chi connectivity index (χ3v) is 5.35.